The summed E-state index contributed by atoms with van der Waals surface area (Å²) in [6.07, 6.45) is 2.24. The van der Waals surface area contributed by atoms with Gasteiger partial charge >= 0.3 is 0 Å². The maximum absolute atomic E-state index is 12.2. The van der Waals surface area contributed by atoms with Crippen LogP contribution in [0.4, 0.5) is 10.9 Å². The Morgan fingerprint density at radius 3 is 2.79 bits per heavy atom. The van der Waals surface area contributed by atoms with Crippen molar-refractivity contribution >= 4 is 32.3 Å². The molecule has 2 heterocycles. The Bertz CT molecular complexity index is 668. The quantitative estimate of drug-likeness (QED) is 0.864. The molecular formula is C10H13N5O2S2. The Balaban J connectivity index is 2.32. The third kappa shape index (κ3) is 2.99. The van der Waals surface area contributed by atoms with Crippen LogP contribution in [0.5, 0.6) is 0 Å². The number of hydrogen-bond acceptors (Lipinski definition) is 7. The average molecular weight is 299 g/mol. The lowest BCUT2D eigenvalue weighted by atomic mass is 10.5. The summed E-state index contributed by atoms with van der Waals surface area (Å²) in [4.78, 5) is 4.04. The molecule has 0 radical (unpaired) electrons. The van der Waals surface area contributed by atoms with Crippen LogP contribution < -0.4 is 10.0 Å². The van der Waals surface area contributed by atoms with Crippen molar-refractivity contribution < 1.29 is 8.42 Å². The smallest absolute Gasteiger partial charge is 0.267 e. The fourth-order valence-corrected chi connectivity index (χ4v) is 3.48. The predicted molar refractivity (Wildman–Crippen MR) is 73.9 cm³/mol. The van der Waals surface area contributed by atoms with E-state index in [0.29, 0.717) is 6.42 Å². The Morgan fingerprint density at radius 2 is 2.16 bits per heavy atom. The number of hydrogen-bond donors (Lipinski definition) is 2. The van der Waals surface area contributed by atoms with Gasteiger partial charge in [0, 0.05) is 13.2 Å². The van der Waals surface area contributed by atoms with Gasteiger partial charge in [0.1, 0.15) is 15.7 Å². The van der Waals surface area contributed by atoms with Gasteiger partial charge in [-0.15, -0.1) is 10.2 Å². The third-order valence-electron chi connectivity index (χ3n) is 2.29. The fraction of sp³-hybridized carbons (Fsp3) is 0.300. The van der Waals surface area contributed by atoms with Gasteiger partial charge in [-0.1, -0.05) is 18.3 Å². The molecule has 2 rings (SSSR count). The van der Waals surface area contributed by atoms with Crippen molar-refractivity contribution in [2.75, 3.05) is 17.1 Å². The number of nitrogens with one attached hydrogen (secondary N) is 2. The van der Waals surface area contributed by atoms with Crippen LogP contribution in [0.15, 0.2) is 23.2 Å². The average Bonchev–Trinajstić information content (AvgIpc) is 2.85. The standard InChI is InChI=1S/C10H13N5O2S2/c1-3-8-13-14-10(18-8)15-19(16,17)7-5-4-6-12-9(7)11-2/h4-6H,3H2,1-2H3,(H,11,12)(H,14,15). The van der Waals surface area contributed by atoms with Gasteiger partial charge in [-0.2, -0.15) is 0 Å². The molecule has 2 N–H and O–H groups in total. The van der Waals surface area contributed by atoms with E-state index in [4.69, 9.17) is 0 Å². The monoisotopic (exact) mass is 299 g/mol. The van der Waals surface area contributed by atoms with Crippen LogP contribution in [0.2, 0.25) is 0 Å². The summed E-state index contributed by atoms with van der Waals surface area (Å²) in [5.41, 5.74) is 0. The predicted octanol–water partition coefficient (Wildman–Crippen LogP) is 1.34. The third-order valence-corrected chi connectivity index (χ3v) is 4.77. The molecule has 0 aliphatic carbocycles. The number of rotatable bonds is 5. The first kappa shape index (κ1) is 13.7. The molecule has 2 aromatic rings. The van der Waals surface area contributed by atoms with Crippen LogP contribution >= 0.6 is 11.3 Å². The molecule has 0 bridgehead atoms. The lowest BCUT2D eigenvalue weighted by Crippen LogP contribution is -2.15. The van der Waals surface area contributed by atoms with Crippen LogP contribution in [0.25, 0.3) is 0 Å². The van der Waals surface area contributed by atoms with Crippen LogP contribution in [-0.2, 0) is 16.4 Å². The van der Waals surface area contributed by atoms with E-state index in [1.54, 1.807) is 13.1 Å². The van der Waals surface area contributed by atoms with Crippen molar-refractivity contribution in [3.63, 3.8) is 0 Å². The van der Waals surface area contributed by atoms with Crippen molar-refractivity contribution in [3.8, 4) is 0 Å². The van der Waals surface area contributed by atoms with Crippen LogP contribution in [0.1, 0.15) is 11.9 Å². The normalized spacial score (nSPS) is 11.3. The Morgan fingerprint density at radius 1 is 1.37 bits per heavy atom. The second-order valence-electron chi connectivity index (χ2n) is 3.56. The summed E-state index contributed by atoms with van der Waals surface area (Å²) < 4.78 is 26.9. The van der Waals surface area contributed by atoms with E-state index in [9.17, 15) is 8.42 Å². The molecule has 0 spiro atoms. The number of anilines is 2. The van der Waals surface area contributed by atoms with Crippen LogP contribution in [0, 0.1) is 0 Å². The minimum atomic E-state index is -3.72. The molecule has 0 fully saturated rings. The van der Waals surface area contributed by atoms with Crippen molar-refractivity contribution in [2.24, 2.45) is 0 Å². The topological polar surface area (TPSA) is 96.9 Å². The molecule has 0 unspecified atom stereocenters. The van der Waals surface area contributed by atoms with E-state index in [1.165, 1.54) is 23.6 Å². The molecule has 0 atom stereocenters. The lowest BCUT2D eigenvalue weighted by Gasteiger charge is -2.08. The molecule has 9 heteroatoms. The molecule has 7 nitrogen and oxygen atoms in total. The second-order valence-corrected chi connectivity index (χ2v) is 6.27. The highest BCUT2D eigenvalue weighted by molar-refractivity contribution is 7.93. The first-order valence-electron chi connectivity index (χ1n) is 5.54. The van der Waals surface area contributed by atoms with Gasteiger partial charge in [0.05, 0.1) is 0 Å². The maximum atomic E-state index is 12.2. The zero-order valence-corrected chi connectivity index (χ0v) is 12.0. The molecule has 19 heavy (non-hydrogen) atoms. The number of pyridine rings is 1. The van der Waals surface area contributed by atoms with Gasteiger partial charge in [0.2, 0.25) is 5.13 Å². The summed E-state index contributed by atoms with van der Waals surface area (Å²) in [7, 11) is -2.11. The second kappa shape index (κ2) is 5.49. The maximum Gasteiger partial charge on any atom is 0.267 e. The Hall–Kier alpha value is -1.74. The SMILES string of the molecule is CCc1nnc(NS(=O)(=O)c2cccnc2NC)s1. The van der Waals surface area contributed by atoms with Gasteiger partial charge in [-0.25, -0.2) is 13.4 Å². The molecule has 0 aliphatic heterocycles. The van der Waals surface area contributed by atoms with Gasteiger partial charge in [0.25, 0.3) is 10.0 Å². The summed E-state index contributed by atoms with van der Waals surface area (Å²) in [6.45, 7) is 1.93. The minimum Gasteiger partial charge on any atom is -0.372 e. The van der Waals surface area contributed by atoms with Crippen LogP contribution in [-0.4, -0.2) is 30.6 Å². The van der Waals surface area contributed by atoms with Gasteiger partial charge in [-0.3, -0.25) is 4.72 Å². The highest BCUT2D eigenvalue weighted by Crippen LogP contribution is 2.23. The summed E-state index contributed by atoms with van der Waals surface area (Å²) >= 11 is 1.21. The number of aryl methyl sites for hydroxylation is 1. The number of nitrogens with zero attached hydrogens (tertiary/aromatic N) is 3. The lowest BCUT2D eigenvalue weighted by molar-refractivity contribution is 0.601. The van der Waals surface area contributed by atoms with E-state index in [0.717, 1.165) is 5.01 Å². The molecule has 2 aromatic heterocycles. The fourth-order valence-electron chi connectivity index (χ4n) is 1.40. The highest BCUT2D eigenvalue weighted by atomic mass is 32.2. The van der Waals surface area contributed by atoms with Crippen molar-refractivity contribution in [2.45, 2.75) is 18.2 Å². The summed E-state index contributed by atoms with van der Waals surface area (Å²) in [5.74, 6) is 0.287. The Kier molecular flexibility index (Phi) is 3.96. The van der Waals surface area contributed by atoms with Crippen LogP contribution in [0.3, 0.4) is 0 Å². The highest BCUT2D eigenvalue weighted by Gasteiger charge is 2.20. The van der Waals surface area contributed by atoms with Gasteiger partial charge in [-0.05, 0) is 18.6 Å². The first-order valence-corrected chi connectivity index (χ1v) is 7.84. The molecule has 0 saturated heterocycles. The number of sulfonamides is 1. The molecule has 0 aromatic carbocycles. The van der Waals surface area contributed by atoms with E-state index < -0.39 is 10.0 Å². The van der Waals surface area contributed by atoms with Crippen molar-refractivity contribution in [3.05, 3.63) is 23.3 Å². The van der Waals surface area contributed by atoms with E-state index >= 15 is 0 Å². The van der Waals surface area contributed by atoms with Crippen molar-refractivity contribution in [1.82, 2.24) is 15.2 Å². The number of aromatic nitrogens is 3. The molecule has 0 aliphatic rings. The first-order chi connectivity index (χ1) is 9.06. The molecular weight excluding hydrogens is 286 g/mol. The van der Waals surface area contributed by atoms with E-state index in [2.05, 4.69) is 25.2 Å². The van der Waals surface area contributed by atoms with E-state index in [1.807, 2.05) is 6.92 Å². The zero-order chi connectivity index (χ0) is 13.9. The minimum absolute atomic E-state index is 0.0748. The van der Waals surface area contributed by atoms with E-state index in [-0.39, 0.29) is 15.8 Å². The zero-order valence-electron chi connectivity index (χ0n) is 10.4. The summed E-state index contributed by atoms with van der Waals surface area (Å²) in [5, 5.41) is 11.4. The molecule has 0 amide bonds. The molecule has 0 saturated carbocycles. The van der Waals surface area contributed by atoms with Gasteiger partial charge < -0.3 is 5.32 Å². The Labute approximate surface area is 115 Å². The largest absolute Gasteiger partial charge is 0.372 e. The summed E-state index contributed by atoms with van der Waals surface area (Å²) in [6, 6.07) is 3.04. The molecule has 102 valence electrons. The van der Waals surface area contributed by atoms with Gasteiger partial charge in [0.15, 0.2) is 0 Å². The van der Waals surface area contributed by atoms with Crippen molar-refractivity contribution in [1.29, 1.82) is 0 Å².